The molecule has 2 fully saturated rings. The topological polar surface area (TPSA) is 12.5 Å². The number of halogens is 2. The molecule has 0 radical (unpaired) electrons. The number of benzene rings is 3. The van der Waals surface area contributed by atoms with Gasteiger partial charge < -0.3 is 4.74 Å². The molecule has 3 aromatic rings. The Labute approximate surface area is 220 Å². The van der Waals surface area contributed by atoms with Crippen molar-refractivity contribution in [3.05, 3.63) is 107 Å². The molecule has 0 bridgehead atoms. The Morgan fingerprint density at radius 3 is 1.92 bits per heavy atom. The van der Waals surface area contributed by atoms with Crippen molar-refractivity contribution in [2.45, 2.75) is 76.7 Å². The molecule has 1 atom stereocenters. The summed E-state index contributed by atoms with van der Waals surface area (Å²) < 4.78 is 34.2. The third-order valence-electron chi connectivity index (χ3n) is 8.10. The van der Waals surface area contributed by atoms with Crippen LogP contribution in [-0.4, -0.2) is 6.61 Å². The molecule has 1 heterocycles. The van der Waals surface area contributed by atoms with Gasteiger partial charge in [-0.3, -0.25) is 0 Å². The fraction of sp³-hybridized carbons (Fsp3) is 0.412. The summed E-state index contributed by atoms with van der Waals surface area (Å²) in [6.07, 6.45) is 14.0. The maximum absolute atomic E-state index is 14.7. The number of hydrogen-bond donors (Lipinski definition) is 0. The molecule has 0 N–H and O–H groups in total. The second-order valence-electron chi connectivity index (χ2n) is 10.8. The van der Waals surface area contributed by atoms with Crippen molar-refractivity contribution >= 4 is 0 Å². The third kappa shape index (κ3) is 6.57. The minimum atomic E-state index is -0.713. The molecular weight excluding hydrogens is 462 g/mol. The van der Waals surface area contributed by atoms with Gasteiger partial charge in [0.2, 0.25) is 0 Å². The number of epoxide rings is 1. The van der Waals surface area contributed by atoms with E-state index in [-0.39, 0.29) is 12.0 Å². The molecule has 0 amide bonds. The quantitative estimate of drug-likeness (QED) is 0.199. The van der Waals surface area contributed by atoms with Crippen molar-refractivity contribution in [2.75, 3.05) is 6.61 Å². The normalized spacial score (nSPS) is 21.4. The lowest BCUT2D eigenvalue weighted by atomic mass is 9.78. The number of aryl methyl sites for hydroxylation is 2. The van der Waals surface area contributed by atoms with E-state index >= 15 is 0 Å². The largest absolute Gasteiger partial charge is 0.368 e. The summed E-state index contributed by atoms with van der Waals surface area (Å²) in [5, 5.41) is 0. The molecule has 3 heteroatoms. The zero-order valence-corrected chi connectivity index (χ0v) is 21.9. The van der Waals surface area contributed by atoms with E-state index in [1.807, 2.05) is 0 Å². The highest BCUT2D eigenvalue weighted by molar-refractivity contribution is 5.64. The minimum absolute atomic E-state index is 0.111. The van der Waals surface area contributed by atoms with Crippen LogP contribution in [0.4, 0.5) is 8.78 Å². The first-order valence-electron chi connectivity index (χ1n) is 14.1. The fourth-order valence-electron chi connectivity index (χ4n) is 5.64. The maximum atomic E-state index is 14.7. The van der Waals surface area contributed by atoms with Crippen molar-refractivity contribution < 1.29 is 13.5 Å². The Balaban J connectivity index is 1.07. The number of unbranched alkanes of at least 4 members (excludes halogenated alkanes) is 1. The molecule has 37 heavy (non-hydrogen) atoms. The molecular formula is C34H38F2O. The number of hydrogen-bond acceptors (Lipinski definition) is 1. The first kappa shape index (κ1) is 25.9. The fourth-order valence-corrected chi connectivity index (χ4v) is 5.64. The number of ether oxygens (including phenoxy) is 1. The highest BCUT2D eigenvalue weighted by Gasteiger charge is 2.32. The Morgan fingerprint density at radius 1 is 0.757 bits per heavy atom. The minimum Gasteiger partial charge on any atom is -0.368 e. The molecule has 5 rings (SSSR count). The Morgan fingerprint density at radius 2 is 1.32 bits per heavy atom. The van der Waals surface area contributed by atoms with Crippen LogP contribution in [0.2, 0.25) is 0 Å². The van der Waals surface area contributed by atoms with Crippen LogP contribution in [0.5, 0.6) is 0 Å². The predicted molar refractivity (Wildman–Crippen MR) is 148 cm³/mol. The van der Waals surface area contributed by atoms with Gasteiger partial charge in [-0.2, -0.15) is 0 Å². The first-order valence-corrected chi connectivity index (χ1v) is 14.1. The average Bonchev–Trinajstić information content (AvgIpc) is 3.78. The SMILES string of the molecule is CCCCc1ccc(-c2ccc(CC/C=C/C3CCC(c4ccc(C5CO5)c(F)c4F)CC3)cc2)cc1. The summed E-state index contributed by atoms with van der Waals surface area (Å²) >= 11 is 0. The molecule has 3 aromatic carbocycles. The van der Waals surface area contributed by atoms with Gasteiger partial charge in [0, 0.05) is 5.56 Å². The molecule has 2 aliphatic rings. The van der Waals surface area contributed by atoms with E-state index < -0.39 is 11.6 Å². The third-order valence-corrected chi connectivity index (χ3v) is 8.10. The van der Waals surface area contributed by atoms with Crippen molar-refractivity contribution in [3.63, 3.8) is 0 Å². The molecule has 1 aliphatic heterocycles. The second kappa shape index (κ2) is 12.2. The summed E-state index contributed by atoms with van der Waals surface area (Å²) in [6, 6.07) is 21.4. The van der Waals surface area contributed by atoms with Crippen LogP contribution in [0.3, 0.4) is 0 Å². The maximum Gasteiger partial charge on any atom is 0.165 e. The summed E-state index contributed by atoms with van der Waals surface area (Å²) in [7, 11) is 0. The van der Waals surface area contributed by atoms with Gasteiger partial charge in [0.25, 0.3) is 0 Å². The number of rotatable bonds is 10. The van der Waals surface area contributed by atoms with E-state index in [1.165, 1.54) is 35.1 Å². The molecule has 0 spiro atoms. The van der Waals surface area contributed by atoms with E-state index in [1.54, 1.807) is 12.1 Å². The summed E-state index contributed by atoms with van der Waals surface area (Å²) in [6.45, 7) is 2.72. The van der Waals surface area contributed by atoms with E-state index in [2.05, 4.69) is 67.6 Å². The van der Waals surface area contributed by atoms with Crippen molar-refractivity contribution in [3.8, 4) is 11.1 Å². The Bertz CT molecular complexity index is 1180. The van der Waals surface area contributed by atoms with Crippen LogP contribution in [0.25, 0.3) is 11.1 Å². The lowest BCUT2D eigenvalue weighted by Gasteiger charge is -2.27. The first-order chi connectivity index (χ1) is 18.1. The lowest BCUT2D eigenvalue weighted by Crippen LogP contribution is -2.14. The summed E-state index contributed by atoms with van der Waals surface area (Å²) in [4.78, 5) is 0. The molecule has 1 saturated carbocycles. The van der Waals surface area contributed by atoms with Gasteiger partial charge in [-0.1, -0.05) is 86.2 Å². The van der Waals surface area contributed by atoms with Crippen molar-refractivity contribution in [2.24, 2.45) is 5.92 Å². The standard InChI is InChI=1S/C34H38F2O/c1-2-3-6-24-9-15-27(16-10-24)28-17-11-25(12-18-28)7-4-5-8-26-13-19-29(20-14-26)30-21-22-31(32-23-37-32)34(36)33(30)35/h5,8-12,15-18,21-22,26,29,32H,2-4,6-7,13-14,19-20,23H2,1H3/b8-5+. The highest BCUT2D eigenvalue weighted by atomic mass is 19.2. The molecule has 194 valence electrons. The Kier molecular flexibility index (Phi) is 8.51. The van der Waals surface area contributed by atoms with E-state index in [0.717, 1.165) is 44.9 Å². The van der Waals surface area contributed by atoms with Gasteiger partial charge >= 0.3 is 0 Å². The van der Waals surface area contributed by atoms with Gasteiger partial charge in [0.05, 0.1) is 6.61 Å². The van der Waals surface area contributed by atoms with Crippen LogP contribution in [0.15, 0.2) is 72.8 Å². The molecule has 1 saturated heterocycles. The summed E-state index contributed by atoms with van der Waals surface area (Å²) in [5.41, 5.74) is 6.22. The summed E-state index contributed by atoms with van der Waals surface area (Å²) in [5.74, 6) is -0.734. The smallest absolute Gasteiger partial charge is 0.165 e. The van der Waals surface area contributed by atoms with Crippen molar-refractivity contribution in [1.29, 1.82) is 0 Å². The van der Waals surface area contributed by atoms with Crippen LogP contribution in [0.1, 0.15) is 86.1 Å². The lowest BCUT2D eigenvalue weighted by molar-refractivity contribution is 0.360. The zero-order chi connectivity index (χ0) is 25.6. The second-order valence-corrected chi connectivity index (χ2v) is 10.8. The average molecular weight is 501 g/mol. The molecule has 1 aliphatic carbocycles. The van der Waals surface area contributed by atoms with Gasteiger partial charge in [-0.15, -0.1) is 0 Å². The van der Waals surface area contributed by atoms with Gasteiger partial charge in [-0.25, -0.2) is 8.78 Å². The van der Waals surface area contributed by atoms with Crippen LogP contribution >= 0.6 is 0 Å². The van der Waals surface area contributed by atoms with E-state index in [4.69, 9.17) is 4.74 Å². The highest BCUT2D eigenvalue weighted by Crippen LogP contribution is 2.40. The molecule has 1 unspecified atom stereocenters. The predicted octanol–water partition coefficient (Wildman–Crippen LogP) is 9.51. The van der Waals surface area contributed by atoms with Gasteiger partial charge in [-0.05, 0) is 91.0 Å². The van der Waals surface area contributed by atoms with Crippen LogP contribution in [0, 0.1) is 17.6 Å². The van der Waals surface area contributed by atoms with Crippen LogP contribution < -0.4 is 0 Å². The molecule has 0 aromatic heterocycles. The number of allylic oxidation sites excluding steroid dienone is 2. The molecule has 1 nitrogen and oxygen atoms in total. The van der Waals surface area contributed by atoms with E-state index in [9.17, 15) is 8.78 Å². The van der Waals surface area contributed by atoms with Gasteiger partial charge in [0.1, 0.15) is 6.10 Å². The van der Waals surface area contributed by atoms with Crippen LogP contribution in [-0.2, 0) is 17.6 Å². The van der Waals surface area contributed by atoms with Crippen molar-refractivity contribution in [1.82, 2.24) is 0 Å². The Hall–Kier alpha value is -2.78. The monoisotopic (exact) mass is 500 g/mol. The van der Waals surface area contributed by atoms with Gasteiger partial charge in [0.15, 0.2) is 11.6 Å². The zero-order valence-electron chi connectivity index (χ0n) is 21.9. The van der Waals surface area contributed by atoms with E-state index in [0.29, 0.717) is 23.7 Å².